The average molecular weight is 465 g/mol. The highest BCUT2D eigenvalue weighted by atomic mass is 16.5. The first kappa shape index (κ1) is 23.8. The standard InChI is InChI=1S/C27H32N2O5/c1-17(15-24(30)29-27(2)14-8-7-13-23(27)25(31)32)28-26(33)34-16-22-20-11-5-3-9-18(20)19-10-4-6-12-21(19)22/h3-6,9-12,17,22-23H,7-8,13-16H2,1-2H3,(H,28,33)(H,29,30)(H,31,32)/t17-,23?,27?/m1/s1. The molecule has 7 nitrogen and oxygen atoms in total. The van der Waals surface area contributed by atoms with Gasteiger partial charge in [0.2, 0.25) is 5.91 Å². The van der Waals surface area contributed by atoms with Crippen LogP contribution in [-0.4, -0.2) is 41.3 Å². The number of hydrogen-bond donors (Lipinski definition) is 3. The van der Waals surface area contributed by atoms with Gasteiger partial charge in [0.1, 0.15) is 6.61 Å². The summed E-state index contributed by atoms with van der Waals surface area (Å²) < 4.78 is 5.55. The number of amides is 2. The van der Waals surface area contributed by atoms with E-state index in [1.54, 1.807) is 13.8 Å². The molecule has 0 aromatic heterocycles. The first-order chi connectivity index (χ1) is 16.3. The summed E-state index contributed by atoms with van der Waals surface area (Å²) in [4.78, 5) is 36.7. The Morgan fingerprint density at radius 2 is 1.68 bits per heavy atom. The summed E-state index contributed by atoms with van der Waals surface area (Å²) in [5, 5.41) is 15.2. The SMILES string of the molecule is C[C@H](CC(=O)NC1(C)CCCCC1C(=O)O)NC(=O)OCC1c2ccccc2-c2ccccc21. The van der Waals surface area contributed by atoms with E-state index in [9.17, 15) is 19.5 Å². The van der Waals surface area contributed by atoms with E-state index in [0.717, 1.165) is 35.1 Å². The molecule has 3 atom stereocenters. The van der Waals surface area contributed by atoms with E-state index in [1.165, 1.54) is 0 Å². The predicted molar refractivity (Wildman–Crippen MR) is 128 cm³/mol. The second-order valence-electron chi connectivity index (χ2n) is 9.68. The summed E-state index contributed by atoms with van der Waals surface area (Å²) >= 11 is 0. The lowest BCUT2D eigenvalue weighted by Crippen LogP contribution is -2.56. The van der Waals surface area contributed by atoms with Crippen LogP contribution in [0.1, 0.15) is 63.0 Å². The third kappa shape index (κ3) is 4.93. The molecular formula is C27H32N2O5. The first-order valence-corrected chi connectivity index (χ1v) is 11.9. The average Bonchev–Trinajstić information content (AvgIpc) is 3.11. The van der Waals surface area contributed by atoms with Crippen LogP contribution >= 0.6 is 0 Å². The van der Waals surface area contributed by atoms with Crippen LogP contribution in [0.4, 0.5) is 4.79 Å². The number of fused-ring (bicyclic) bond motifs is 3. The van der Waals surface area contributed by atoms with Gasteiger partial charge in [-0.3, -0.25) is 9.59 Å². The Kier molecular flexibility index (Phi) is 6.91. The van der Waals surface area contributed by atoms with Crippen LogP contribution in [0.2, 0.25) is 0 Å². The van der Waals surface area contributed by atoms with Crippen molar-refractivity contribution < 1.29 is 24.2 Å². The van der Waals surface area contributed by atoms with E-state index in [-0.39, 0.29) is 24.9 Å². The quantitative estimate of drug-likeness (QED) is 0.561. The van der Waals surface area contributed by atoms with Gasteiger partial charge in [0.05, 0.1) is 11.5 Å². The summed E-state index contributed by atoms with van der Waals surface area (Å²) in [6, 6.07) is 15.8. The number of carbonyl (C=O) groups is 3. The monoisotopic (exact) mass is 464 g/mol. The fourth-order valence-corrected chi connectivity index (χ4v) is 5.42. The Labute approximate surface area is 199 Å². The predicted octanol–water partition coefficient (Wildman–Crippen LogP) is 4.45. The minimum atomic E-state index is -0.882. The zero-order valence-electron chi connectivity index (χ0n) is 19.7. The molecule has 0 aliphatic heterocycles. The number of benzene rings is 2. The molecule has 2 aromatic carbocycles. The number of ether oxygens (including phenoxy) is 1. The fourth-order valence-electron chi connectivity index (χ4n) is 5.42. The van der Waals surface area contributed by atoms with Crippen LogP contribution in [0.15, 0.2) is 48.5 Å². The maximum atomic E-state index is 12.6. The van der Waals surface area contributed by atoms with Crippen molar-refractivity contribution in [2.75, 3.05) is 6.61 Å². The lowest BCUT2D eigenvalue weighted by molar-refractivity contribution is -0.146. The zero-order chi connectivity index (χ0) is 24.3. The van der Waals surface area contributed by atoms with Gasteiger partial charge in [0.25, 0.3) is 0 Å². The number of rotatable bonds is 7. The largest absolute Gasteiger partial charge is 0.481 e. The molecule has 4 rings (SSSR count). The zero-order valence-corrected chi connectivity index (χ0v) is 19.7. The molecule has 0 saturated heterocycles. The molecule has 2 aliphatic carbocycles. The number of alkyl carbamates (subject to hydrolysis) is 1. The number of aliphatic carboxylic acids is 1. The minimum absolute atomic E-state index is 0.0315. The van der Waals surface area contributed by atoms with Gasteiger partial charge in [-0.2, -0.15) is 0 Å². The van der Waals surface area contributed by atoms with E-state index >= 15 is 0 Å². The molecule has 0 bridgehead atoms. The Balaban J connectivity index is 1.30. The number of nitrogens with one attached hydrogen (secondary N) is 2. The van der Waals surface area contributed by atoms with Gasteiger partial charge in [0, 0.05) is 18.4 Å². The number of carbonyl (C=O) groups excluding carboxylic acids is 2. The molecule has 180 valence electrons. The third-order valence-corrected chi connectivity index (χ3v) is 7.13. The molecule has 2 amide bonds. The number of carboxylic acid groups (broad SMARTS) is 1. The van der Waals surface area contributed by atoms with Crippen molar-refractivity contribution in [1.29, 1.82) is 0 Å². The summed E-state index contributed by atoms with van der Waals surface area (Å²) in [6.07, 6.45) is 2.39. The minimum Gasteiger partial charge on any atom is -0.481 e. The van der Waals surface area contributed by atoms with Crippen LogP contribution < -0.4 is 10.6 Å². The maximum Gasteiger partial charge on any atom is 0.407 e. The van der Waals surface area contributed by atoms with Crippen molar-refractivity contribution in [1.82, 2.24) is 10.6 Å². The number of hydrogen-bond acceptors (Lipinski definition) is 4. The molecule has 2 unspecified atom stereocenters. The van der Waals surface area contributed by atoms with E-state index in [0.29, 0.717) is 12.8 Å². The number of carboxylic acids is 1. The fraction of sp³-hybridized carbons (Fsp3) is 0.444. The van der Waals surface area contributed by atoms with Crippen molar-refractivity contribution in [3.8, 4) is 11.1 Å². The molecule has 1 fully saturated rings. The van der Waals surface area contributed by atoms with E-state index in [4.69, 9.17) is 4.74 Å². The molecule has 0 radical (unpaired) electrons. The van der Waals surface area contributed by atoms with E-state index in [1.807, 2.05) is 24.3 Å². The molecule has 34 heavy (non-hydrogen) atoms. The Bertz CT molecular complexity index is 1040. The van der Waals surface area contributed by atoms with Crippen LogP contribution in [-0.2, 0) is 14.3 Å². The lowest BCUT2D eigenvalue weighted by atomic mass is 9.74. The van der Waals surface area contributed by atoms with Crippen LogP contribution in [0, 0.1) is 5.92 Å². The molecule has 0 heterocycles. The van der Waals surface area contributed by atoms with Crippen LogP contribution in [0.3, 0.4) is 0 Å². The Morgan fingerprint density at radius 1 is 1.06 bits per heavy atom. The summed E-state index contributed by atoms with van der Waals surface area (Å²) in [6.45, 7) is 3.74. The molecule has 7 heteroatoms. The van der Waals surface area contributed by atoms with Gasteiger partial charge in [-0.25, -0.2) is 4.79 Å². The van der Waals surface area contributed by atoms with Crippen LogP contribution in [0.5, 0.6) is 0 Å². The van der Waals surface area contributed by atoms with Crippen molar-refractivity contribution in [3.63, 3.8) is 0 Å². The molecule has 2 aliphatic rings. The first-order valence-electron chi connectivity index (χ1n) is 11.9. The second kappa shape index (κ2) is 9.87. The molecular weight excluding hydrogens is 432 g/mol. The Hall–Kier alpha value is -3.35. The topological polar surface area (TPSA) is 105 Å². The maximum absolute atomic E-state index is 12.6. The summed E-state index contributed by atoms with van der Waals surface area (Å²) in [7, 11) is 0. The molecule has 1 saturated carbocycles. The van der Waals surface area contributed by atoms with Gasteiger partial charge in [0.15, 0.2) is 0 Å². The highest BCUT2D eigenvalue weighted by Gasteiger charge is 2.42. The summed E-state index contributed by atoms with van der Waals surface area (Å²) in [5.74, 6) is -1.79. The van der Waals surface area contributed by atoms with Crippen molar-refractivity contribution >= 4 is 18.0 Å². The smallest absolute Gasteiger partial charge is 0.407 e. The third-order valence-electron chi connectivity index (χ3n) is 7.13. The van der Waals surface area contributed by atoms with Gasteiger partial charge < -0.3 is 20.5 Å². The molecule has 2 aromatic rings. The molecule has 0 spiro atoms. The van der Waals surface area contributed by atoms with E-state index in [2.05, 4.69) is 34.9 Å². The summed E-state index contributed by atoms with van der Waals surface area (Å²) in [5.41, 5.74) is 3.82. The molecule has 3 N–H and O–H groups in total. The highest BCUT2D eigenvalue weighted by Crippen LogP contribution is 2.44. The van der Waals surface area contributed by atoms with Crippen LogP contribution in [0.25, 0.3) is 11.1 Å². The highest BCUT2D eigenvalue weighted by molar-refractivity contribution is 5.81. The van der Waals surface area contributed by atoms with Gasteiger partial charge in [-0.05, 0) is 48.9 Å². The van der Waals surface area contributed by atoms with Gasteiger partial charge in [-0.15, -0.1) is 0 Å². The second-order valence-corrected chi connectivity index (χ2v) is 9.68. The lowest BCUT2D eigenvalue weighted by Gasteiger charge is -2.40. The van der Waals surface area contributed by atoms with Crippen molar-refractivity contribution in [2.45, 2.75) is 63.5 Å². The Morgan fingerprint density at radius 3 is 2.29 bits per heavy atom. The van der Waals surface area contributed by atoms with Gasteiger partial charge in [-0.1, -0.05) is 61.4 Å². The van der Waals surface area contributed by atoms with Crippen molar-refractivity contribution in [2.24, 2.45) is 5.92 Å². The van der Waals surface area contributed by atoms with Gasteiger partial charge >= 0.3 is 12.1 Å². The van der Waals surface area contributed by atoms with E-state index < -0.39 is 29.6 Å². The normalized spacial score (nSPS) is 22.2. The van der Waals surface area contributed by atoms with Crippen molar-refractivity contribution in [3.05, 3.63) is 59.7 Å².